The standard InChI is InChI=1S/C14H22F2N2O/c15-14(16)8-11(17-9-14)12(19)18-7-6-13(10-18)4-2-1-3-5-13/h11,17H,1-10H2. The molecule has 19 heavy (non-hydrogen) atoms. The number of hydrogen-bond donors (Lipinski definition) is 1. The Morgan fingerprint density at radius 1 is 1.16 bits per heavy atom. The molecule has 2 aliphatic heterocycles. The number of nitrogens with zero attached hydrogens (tertiary/aromatic N) is 1. The minimum atomic E-state index is -2.72. The third-order valence-electron chi connectivity index (χ3n) is 5.07. The van der Waals surface area contributed by atoms with Gasteiger partial charge in [0.1, 0.15) is 0 Å². The molecule has 0 aromatic heterocycles. The Labute approximate surface area is 112 Å². The summed E-state index contributed by atoms with van der Waals surface area (Å²) < 4.78 is 26.3. The van der Waals surface area contributed by atoms with Crippen LogP contribution in [-0.4, -0.2) is 42.4 Å². The van der Waals surface area contributed by atoms with Crippen molar-refractivity contribution in [3.8, 4) is 0 Å². The summed E-state index contributed by atoms with van der Waals surface area (Å²) in [6.07, 6.45) is 6.92. The number of alkyl halides is 2. The van der Waals surface area contributed by atoms with Crippen LogP contribution < -0.4 is 5.32 Å². The van der Waals surface area contributed by atoms with Crippen LogP contribution in [-0.2, 0) is 4.79 Å². The van der Waals surface area contributed by atoms with E-state index in [9.17, 15) is 13.6 Å². The van der Waals surface area contributed by atoms with Crippen molar-refractivity contribution in [3.05, 3.63) is 0 Å². The van der Waals surface area contributed by atoms with Gasteiger partial charge in [-0.05, 0) is 24.7 Å². The number of rotatable bonds is 1. The van der Waals surface area contributed by atoms with Crippen molar-refractivity contribution in [2.75, 3.05) is 19.6 Å². The molecule has 1 aliphatic carbocycles. The first kappa shape index (κ1) is 13.3. The van der Waals surface area contributed by atoms with E-state index in [0.717, 1.165) is 19.5 Å². The summed E-state index contributed by atoms with van der Waals surface area (Å²) in [5.41, 5.74) is 0.301. The van der Waals surface area contributed by atoms with Gasteiger partial charge in [-0.3, -0.25) is 10.1 Å². The highest BCUT2D eigenvalue weighted by molar-refractivity contribution is 5.82. The Morgan fingerprint density at radius 2 is 1.89 bits per heavy atom. The predicted octanol–water partition coefficient (Wildman–Crippen LogP) is 2.17. The van der Waals surface area contributed by atoms with E-state index in [1.54, 1.807) is 0 Å². The van der Waals surface area contributed by atoms with Crippen LogP contribution in [0.2, 0.25) is 0 Å². The largest absolute Gasteiger partial charge is 0.341 e. The fourth-order valence-electron chi connectivity index (χ4n) is 3.94. The van der Waals surface area contributed by atoms with E-state index in [1.807, 2.05) is 4.90 Å². The van der Waals surface area contributed by atoms with Crippen molar-refractivity contribution in [1.82, 2.24) is 10.2 Å². The summed E-state index contributed by atoms with van der Waals surface area (Å²) in [5, 5.41) is 2.67. The lowest BCUT2D eigenvalue weighted by atomic mass is 9.73. The van der Waals surface area contributed by atoms with E-state index in [-0.39, 0.29) is 18.9 Å². The van der Waals surface area contributed by atoms with Crippen LogP contribution in [0.4, 0.5) is 8.78 Å². The number of carbonyl (C=O) groups excluding carboxylic acids is 1. The molecule has 1 spiro atoms. The quantitative estimate of drug-likeness (QED) is 0.793. The molecule has 108 valence electrons. The zero-order valence-electron chi connectivity index (χ0n) is 11.3. The molecule has 2 heterocycles. The molecule has 2 saturated heterocycles. The summed E-state index contributed by atoms with van der Waals surface area (Å²) >= 11 is 0. The van der Waals surface area contributed by atoms with Gasteiger partial charge in [0.15, 0.2) is 0 Å². The van der Waals surface area contributed by atoms with Crippen molar-refractivity contribution in [1.29, 1.82) is 0 Å². The van der Waals surface area contributed by atoms with E-state index in [4.69, 9.17) is 0 Å². The van der Waals surface area contributed by atoms with E-state index in [0.29, 0.717) is 5.41 Å². The second-order valence-corrected chi connectivity index (χ2v) is 6.56. The summed E-state index contributed by atoms with van der Waals surface area (Å²) in [6, 6.07) is -0.672. The molecule has 0 aromatic carbocycles. The zero-order valence-corrected chi connectivity index (χ0v) is 11.3. The molecular weight excluding hydrogens is 250 g/mol. The van der Waals surface area contributed by atoms with Gasteiger partial charge in [0, 0.05) is 19.5 Å². The molecule has 1 amide bonds. The van der Waals surface area contributed by atoms with Gasteiger partial charge in [0.2, 0.25) is 5.91 Å². The van der Waals surface area contributed by atoms with Gasteiger partial charge >= 0.3 is 0 Å². The fourth-order valence-corrected chi connectivity index (χ4v) is 3.94. The van der Waals surface area contributed by atoms with Crippen LogP contribution in [0, 0.1) is 5.41 Å². The molecule has 0 aromatic rings. The lowest BCUT2D eigenvalue weighted by molar-refractivity contribution is -0.133. The van der Waals surface area contributed by atoms with Gasteiger partial charge in [-0.25, -0.2) is 8.78 Å². The van der Waals surface area contributed by atoms with Crippen LogP contribution in [0.15, 0.2) is 0 Å². The molecule has 0 bridgehead atoms. The molecule has 3 aliphatic rings. The number of amides is 1. The van der Waals surface area contributed by atoms with Crippen LogP contribution >= 0.6 is 0 Å². The van der Waals surface area contributed by atoms with Crippen LogP contribution in [0.1, 0.15) is 44.9 Å². The third kappa shape index (κ3) is 2.62. The molecule has 1 saturated carbocycles. The van der Waals surface area contributed by atoms with Gasteiger partial charge in [0.25, 0.3) is 5.92 Å². The van der Waals surface area contributed by atoms with Gasteiger partial charge in [-0.1, -0.05) is 19.3 Å². The summed E-state index contributed by atoms with van der Waals surface area (Å²) in [4.78, 5) is 14.1. The second kappa shape index (κ2) is 4.69. The Kier molecular flexibility index (Phi) is 3.28. The highest BCUT2D eigenvalue weighted by Crippen LogP contribution is 2.44. The number of hydrogen-bond acceptors (Lipinski definition) is 2. The maximum absolute atomic E-state index is 13.2. The lowest BCUT2D eigenvalue weighted by Gasteiger charge is -2.33. The molecule has 3 fully saturated rings. The van der Waals surface area contributed by atoms with Crippen LogP contribution in [0.5, 0.6) is 0 Å². The van der Waals surface area contributed by atoms with Crippen molar-refractivity contribution in [2.45, 2.75) is 56.9 Å². The maximum atomic E-state index is 13.2. The molecule has 1 N–H and O–H groups in total. The van der Waals surface area contributed by atoms with Gasteiger partial charge in [-0.2, -0.15) is 0 Å². The molecular formula is C14H22F2N2O. The Hall–Kier alpha value is -0.710. The van der Waals surface area contributed by atoms with Gasteiger partial charge in [-0.15, -0.1) is 0 Å². The van der Waals surface area contributed by atoms with Crippen molar-refractivity contribution in [3.63, 3.8) is 0 Å². The smallest absolute Gasteiger partial charge is 0.262 e. The summed E-state index contributed by atoms with van der Waals surface area (Å²) in [7, 11) is 0. The van der Waals surface area contributed by atoms with E-state index in [1.165, 1.54) is 32.1 Å². The number of likely N-dealkylation sites (tertiary alicyclic amines) is 1. The first-order valence-electron chi connectivity index (χ1n) is 7.40. The SMILES string of the molecule is O=C(C1CC(F)(F)CN1)N1CCC2(CCCCC2)C1. The average Bonchev–Trinajstić information content (AvgIpc) is 2.94. The number of carbonyl (C=O) groups is 1. The summed E-state index contributed by atoms with van der Waals surface area (Å²) in [6.45, 7) is 1.18. The first-order valence-corrected chi connectivity index (χ1v) is 7.40. The average molecular weight is 272 g/mol. The van der Waals surface area contributed by atoms with Gasteiger partial charge in [0.05, 0.1) is 12.6 Å². The number of nitrogens with one attached hydrogen (secondary N) is 1. The fraction of sp³-hybridized carbons (Fsp3) is 0.929. The molecule has 1 atom stereocenters. The van der Waals surface area contributed by atoms with Crippen LogP contribution in [0.25, 0.3) is 0 Å². The monoisotopic (exact) mass is 272 g/mol. The Morgan fingerprint density at radius 3 is 2.53 bits per heavy atom. The molecule has 0 radical (unpaired) electrons. The topological polar surface area (TPSA) is 32.3 Å². The number of halogens is 2. The van der Waals surface area contributed by atoms with Crippen molar-refractivity contribution < 1.29 is 13.6 Å². The van der Waals surface area contributed by atoms with E-state index in [2.05, 4.69) is 5.32 Å². The Balaban J connectivity index is 1.60. The second-order valence-electron chi connectivity index (χ2n) is 6.56. The summed E-state index contributed by atoms with van der Waals surface area (Å²) in [5.74, 6) is -2.83. The zero-order chi connectivity index (χ0) is 13.5. The van der Waals surface area contributed by atoms with Gasteiger partial charge < -0.3 is 4.90 Å². The molecule has 1 unspecified atom stereocenters. The molecule has 3 nitrogen and oxygen atoms in total. The van der Waals surface area contributed by atoms with Crippen molar-refractivity contribution >= 4 is 5.91 Å². The molecule has 3 rings (SSSR count). The minimum Gasteiger partial charge on any atom is -0.341 e. The first-order chi connectivity index (χ1) is 9.00. The van der Waals surface area contributed by atoms with E-state index < -0.39 is 12.0 Å². The molecule has 5 heteroatoms. The minimum absolute atomic E-state index is 0.111. The van der Waals surface area contributed by atoms with Crippen molar-refractivity contribution in [2.24, 2.45) is 5.41 Å². The van der Waals surface area contributed by atoms with Crippen LogP contribution in [0.3, 0.4) is 0 Å². The lowest BCUT2D eigenvalue weighted by Crippen LogP contribution is -2.43. The highest BCUT2D eigenvalue weighted by atomic mass is 19.3. The highest BCUT2D eigenvalue weighted by Gasteiger charge is 2.46. The maximum Gasteiger partial charge on any atom is 0.262 e. The Bertz CT molecular complexity index is 366. The predicted molar refractivity (Wildman–Crippen MR) is 68.1 cm³/mol. The third-order valence-corrected chi connectivity index (χ3v) is 5.07. The van der Waals surface area contributed by atoms with E-state index >= 15 is 0 Å². The normalized spacial score (nSPS) is 32.9.